The number of amides is 2. The number of morpholine rings is 1. The first-order chi connectivity index (χ1) is 14.8. The molecule has 1 saturated carbocycles. The molecule has 1 aliphatic carbocycles. The van der Waals surface area contributed by atoms with Crippen LogP contribution in [-0.2, 0) is 16.6 Å². The number of aromatic nitrogens is 2. The standard InChI is InChI=1S/C23H37N5O3/c1-16(2)25-22(30)23-7-5-19(27-9-11-31-12-10-27)13-18(23)6-8-28(15-23)21(29)20-14-24-26(4)17(20)3/h14,16,18-19H,5-13,15H2,1-4H3,(H,25,30)/t18-,19+,23-/m1/s1. The summed E-state index contributed by atoms with van der Waals surface area (Å²) in [5, 5.41) is 7.43. The summed E-state index contributed by atoms with van der Waals surface area (Å²) in [6.07, 6.45) is 5.38. The second-order valence-electron chi connectivity index (χ2n) is 9.84. The van der Waals surface area contributed by atoms with E-state index in [4.69, 9.17) is 4.74 Å². The van der Waals surface area contributed by atoms with Gasteiger partial charge in [0.1, 0.15) is 0 Å². The van der Waals surface area contributed by atoms with E-state index in [0.717, 1.165) is 57.7 Å². The fraction of sp³-hybridized carbons (Fsp3) is 0.783. The Morgan fingerprint density at radius 1 is 1.23 bits per heavy atom. The van der Waals surface area contributed by atoms with Gasteiger partial charge in [-0.15, -0.1) is 0 Å². The number of carbonyl (C=O) groups excluding carboxylic acids is 2. The number of nitrogens with one attached hydrogen (secondary N) is 1. The van der Waals surface area contributed by atoms with Crippen LogP contribution in [0.2, 0.25) is 0 Å². The van der Waals surface area contributed by atoms with Crippen molar-refractivity contribution in [3.8, 4) is 0 Å². The Balaban J connectivity index is 1.55. The molecule has 8 nitrogen and oxygen atoms in total. The van der Waals surface area contributed by atoms with Crippen LogP contribution >= 0.6 is 0 Å². The van der Waals surface area contributed by atoms with Gasteiger partial charge in [0.15, 0.2) is 0 Å². The average molecular weight is 432 g/mol. The number of hydrogen-bond donors (Lipinski definition) is 1. The zero-order valence-corrected chi connectivity index (χ0v) is 19.4. The number of ether oxygens (including phenoxy) is 1. The van der Waals surface area contributed by atoms with Crippen LogP contribution < -0.4 is 5.32 Å². The van der Waals surface area contributed by atoms with Gasteiger partial charge >= 0.3 is 0 Å². The van der Waals surface area contributed by atoms with Gasteiger partial charge in [-0.3, -0.25) is 19.2 Å². The van der Waals surface area contributed by atoms with Crippen LogP contribution in [0.15, 0.2) is 6.20 Å². The molecule has 0 radical (unpaired) electrons. The minimum absolute atomic E-state index is 0.00363. The van der Waals surface area contributed by atoms with Crippen LogP contribution in [0.25, 0.3) is 0 Å². The second kappa shape index (κ2) is 8.90. The molecule has 3 heterocycles. The molecule has 4 rings (SSSR count). The van der Waals surface area contributed by atoms with Crippen LogP contribution in [0.1, 0.15) is 55.6 Å². The Kier molecular flexibility index (Phi) is 6.40. The highest BCUT2D eigenvalue weighted by atomic mass is 16.5. The predicted octanol–water partition coefficient (Wildman–Crippen LogP) is 1.59. The molecule has 0 spiro atoms. The monoisotopic (exact) mass is 431 g/mol. The third-order valence-electron chi connectivity index (χ3n) is 7.67. The van der Waals surface area contributed by atoms with Crippen molar-refractivity contribution in [2.45, 2.75) is 58.5 Å². The molecule has 0 unspecified atom stereocenters. The third-order valence-corrected chi connectivity index (χ3v) is 7.67. The Labute approximate surface area is 185 Å². The van der Waals surface area contributed by atoms with Gasteiger partial charge in [0.2, 0.25) is 5.91 Å². The van der Waals surface area contributed by atoms with E-state index in [1.54, 1.807) is 10.9 Å². The summed E-state index contributed by atoms with van der Waals surface area (Å²) in [5.74, 6) is 0.413. The number of nitrogens with zero attached hydrogens (tertiary/aromatic N) is 4. The summed E-state index contributed by atoms with van der Waals surface area (Å²) in [6, 6.07) is 0.600. The van der Waals surface area contributed by atoms with E-state index in [1.807, 2.05) is 32.7 Å². The normalized spacial score (nSPS) is 29.6. The molecule has 1 N–H and O–H groups in total. The summed E-state index contributed by atoms with van der Waals surface area (Å²) in [7, 11) is 1.85. The quantitative estimate of drug-likeness (QED) is 0.783. The average Bonchev–Trinajstić information content (AvgIpc) is 3.10. The lowest BCUT2D eigenvalue weighted by molar-refractivity contribution is -0.144. The molecule has 0 aromatic carbocycles. The second-order valence-corrected chi connectivity index (χ2v) is 9.84. The van der Waals surface area contributed by atoms with Gasteiger partial charge in [-0.1, -0.05) is 0 Å². The molecule has 1 aromatic heterocycles. The molecule has 1 aromatic rings. The SMILES string of the molecule is Cc1c(C(=O)N2CC[C@@H]3C[C@@H](N4CCOCC4)CC[C@@]3(C(=O)NC(C)C)C2)cnn1C. The Morgan fingerprint density at radius 2 is 1.97 bits per heavy atom. The van der Waals surface area contributed by atoms with E-state index in [-0.39, 0.29) is 17.9 Å². The highest BCUT2D eigenvalue weighted by molar-refractivity contribution is 5.96. The van der Waals surface area contributed by atoms with Crippen LogP contribution in [0.5, 0.6) is 0 Å². The summed E-state index contributed by atoms with van der Waals surface area (Å²) >= 11 is 0. The van der Waals surface area contributed by atoms with Crippen molar-refractivity contribution >= 4 is 11.8 Å². The van der Waals surface area contributed by atoms with Crippen molar-refractivity contribution < 1.29 is 14.3 Å². The first-order valence-electron chi connectivity index (χ1n) is 11.7. The van der Waals surface area contributed by atoms with Gasteiger partial charge in [0.05, 0.1) is 30.4 Å². The van der Waals surface area contributed by atoms with E-state index in [9.17, 15) is 9.59 Å². The van der Waals surface area contributed by atoms with E-state index >= 15 is 0 Å². The van der Waals surface area contributed by atoms with Crippen molar-refractivity contribution in [1.82, 2.24) is 24.9 Å². The van der Waals surface area contributed by atoms with Crippen LogP contribution in [0.4, 0.5) is 0 Å². The van der Waals surface area contributed by atoms with Crippen LogP contribution in [0, 0.1) is 18.3 Å². The third kappa shape index (κ3) is 4.24. The van der Waals surface area contributed by atoms with Gasteiger partial charge in [-0.05, 0) is 52.4 Å². The number of hydrogen-bond acceptors (Lipinski definition) is 5. The molecule has 3 fully saturated rings. The Hall–Kier alpha value is -1.93. The first kappa shape index (κ1) is 22.3. The molecule has 2 amide bonds. The van der Waals surface area contributed by atoms with Gasteiger partial charge in [0, 0.05) is 51.0 Å². The fourth-order valence-corrected chi connectivity index (χ4v) is 5.74. The fourth-order valence-electron chi connectivity index (χ4n) is 5.74. The van der Waals surface area contributed by atoms with Crippen molar-refractivity contribution in [3.63, 3.8) is 0 Å². The smallest absolute Gasteiger partial charge is 0.257 e. The lowest BCUT2D eigenvalue weighted by Crippen LogP contribution is -2.62. The van der Waals surface area contributed by atoms with Crippen molar-refractivity contribution in [2.75, 3.05) is 39.4 Å². The molecule has 172 valence electrons. The molecular formula is C23H37N5O3. The van der Waals surface area contributed by atoms with Crippen molar-refractivity contribution in [1.29, 1.82) is 0 Å². The van der Waals surface area contributed by atoms with Gasteiger partial charge in [-0.25, -0.2) is 0 Å². The summed E-state index contributed by atoms with van der Waals surface area (Å²) < 4.78 is 7.27. The predicted molar refractivity (Wildman–Crippen MR) is 118 cm³/mol. The maximum absolute atomic E-state index is 13.5. The molecule has 3 aliphatic rings. The number of aryl methyl sites for hydroxylation is 1. The van der Waals surface area contributed by atoms with Crippen LogP contribution in [-0.4, -0.2) is 82.9 Å². The molecule has 2 aliphatic heterocycles. The molecule has 31 heavy (non-hydrogen) atoms. The van der Waals surface area contributed by atoms with Crippen molar-refractivity contribution in [2.24, 2.45) is 18.4 Å². The van der Waals surface area contributed by atoms with Gasteiger partial charge < -0.3 is 15.0 Å². The highest BCUT2D eigenvalue weighted by Crippen LogP contribution is 2.48. The molecular weight excluding hydrogens is 394 g/mol. The zero-order valence-electron chi connectivity index (χ0n) is 19.4. The van der Waals surface area contributed by atoms with Crippen molar-refractivity contribution in [3.05, 3.63) is 17.5 Å². The lowest BCUT2D eigenvalue weighted by Gasteiger charge is -2.53. The molecule has 8 heteroatoms. The number of carbonyl (C=O) groups is 2. The number of piperidine rings is 1. The number of likely N-dealkylation sites (tertiary alicyclic amines) is 1. The maximum atomic E-state index is 13.5. The van der Waals surface area contributed by atoms with E-state index < -0.39 is 5.41 Å². The minimum atomic E-state index is -0.503. The van der Waals surface area contributed by atoms with E-state index in [0.29, 0.717) is 30.6 Å². The van der Waals surface area contributed by atoms with Gasteiger partial charge in [0.25, 0.3) is 5.91 Å². The Bertz CT molecular complexity index is 816. The number of rotatable bonds is 4. The molecule has 3 atom stereocenters. The lowest BCUT2D eigenvalue weighted by atomic mass is 9.60. The van der Waals surface area contributed by atoms with E-state index in [1.165, 1.54) is 0 Å². The summed E-state index contributed by atoms with van der Waals surface area (Å²) in [5.41, 5.74) is 1.00. The topological polar surface area (TPSA) is 79.7 Å². The zero-order chi connectivity index (χ0) is 22.2. The maximum Gasteiger partial charge on any atom is 0.257 e. The number of fused-ring (bicyclic) bond motifs is 1. The first-order valence-corrected chi connectivity index (χ1v) is 11.7. The Morgan fingerprint density at radius 3 is 2.61 bits per heavy atom. The minimum Gasteiger partial charge on any atom is -0.379 e. The van der Waals surface area contributed by atoms with Gasteiger partial charge in [-0.2, -0.15) is 5.10 Å². The largest absolute Gasteiger partial charge is 0.379 e. The highest BCUT2D eigenvalue weighted by Gasteiger charge is 2.53. The summed E-state index contributed by atoms with van der Waals surface area (Å²) in [4.78, 5) is 31.3. The van der Waals surface area contributed by atoms with Crippen LogP contribution in [0.3, 0.4) is 0 Å². The van der Waals surface area contributed by atoms with E-state index in [2.05, 4.69) is 15.3 Å². The molecule has 2 saturated heterocycles. The molecule has 0 bridgehead atoms. The summed E-state index contributed by atoms with van der Waals surface area (Å²) in [6.45, 7) is 10.7.